The van der Waals surface area contributed by atoms with E-state index >= 15 is 0 Å². The van der Waals surface area contributed by atoms with Crippen LogP contribution >= 0.6 is 0 Å². The van der Waals surface area contributed by atoms with E-state index in [1.165, 1.54) is 25.7 Å². The Balaban J connectivity index is 3.70. The summed E-state index contributed by atoms with van der Waals surface area (Å²) in [6.45, 7) is 8.52. The topological polar surface area (TPSA) is 41.6 Å². The number of hydrogen-bond acceptors (Lipinski definition) is 3. The summed E-state index contributed by atoms with van der Waals surface area (Å²) in [5, 5.41) is 5.58. The first-order chi connectivity index (χ1) is 6.74. The zero-order valence-corrected chi connectivity index (χ0v) is 9.50. The second-order valence-electron chi connectivity index (χ2n) is 3.41. The number of rotatable bonds is 8. The Morgan fingerprint density at radius 3 is 2.57 bits per heavy atom. The first kappa shape index (κ1) is 13.0. The third kappa shape index (κ3) is 6.52. The van der Waals surface area contributed by atoms with Crippen molar-refractivity contribution in [2.24, 2.45) is 10.8 Å². The Kier molecular flexibility index (Phi) is 7.99. The van der Waals surface area contributed by atoms with Gasteiger partial charge in [0.1, 0.15) is 0 Å². The number of hydrogen-bond donors (Lipinski definition) is 1. The molecule has 0 aromatic heterocycles. The highest BCUT2D eigenvalue weighted by Crippen LogP contribution is 2.07. The van der Waals surface area contributed by atoms with Crippen LogP contribution in [0.15, 0.2) is 17.0 Å². The van der Waals surface area contributed by atoms with Gasteiger partial charge in [-0.1, -0.05) is 26.2 Å². The van der Waals surface area contributed by atoms with Crippen molar-refractivity contribution >= 4 is 6.72 Å². The van der Waals surface area contributed by atoms with Crippen molar-refractivity contribution in [1.29, 1.82) is 0 Å². The van der Waals surface area contributed by atoms with Crippen molar-refractivity contribution in [1.82, 2.24) is 5.01 Å². The molecule has 14 heavy (non-hydrogen) atoms. The predicted octanol–water partition coefficient (Wildman–Crippen LogP) is 2.69. The monoisotopic (exact) mass is 197 g/mol. The van der Waals surface area contributed by atoms with Crippen LogP contribution in [0, 0.1) is 0 Å². The summed E-state index contributed by atoms with van der Waals surface area (Å²) in [6.07, 6.45) is 7.83. The minimum absolute atomic E-state index is 0.819. The summed E-state index contributed by atoms with van der Waals surface area (Å²) in [6, 6.07) is 0. The molecule has 0 saturated heterocycles. The lowest BCUT2D eigenvalue weighted by molar-refractivity contribution is 0.420. The molecule has 0 atom stereocenters. The molecule has 0 bridgehead atoms. The van der Waals surface area contributed by atoms with Gasteiger partial charge in [-0.2, -0.15) is 5.10 Å². The maximum absolute atomic E-state index is 5.84. The Morgan fingerprint density at radius 1 is 1.36 bits per heavy atom. The normalized spacial score (nSPS) is 11.4. The zero-order valence-electron chi connectivity index (χ0n) is 9.50. The van der Waals surface area contributed by atoms with Crippen LogP contribution in [0.25, 0.3) is 0 Å². The minimum Gasteiger partial charge on any atom is -0.401 e. The smallest absolute Gasteiger partial charge is 0.0419 e. The molecule has 0 heterocycles. The summed E-state index contributed by atoms with van der Waals surface area (Å²) in [4.78, 5) is 0. The Hall–Kier alpha value is -0.990. The van der Waals surface area contributed by atoms with Gasteiger partial charge in [0.05, 0.1) is 0 Å². The highest BCUT2D eigenvalue weighted by Gasteiger charge is 1.95. The number of unbranched alkanes of at least 4 members (excludes halogenated alkanes) is 3. The standard InChI is InChI=1S/C11H23N3/c1-4-6-7-8-9-11(12)10-14(5-2)13-3/h10H,3-9,12H2,1-2H3/b11-10-. The van der Waals surface area contributed by atoms with Gasteiger partial charge in [0, 0.05) is 25.2 Å². The Bertz CT molecular complexity index is 175. The van der Waals surface area contributed by atoms with Crippen LogP contribution in [0.2, 0.25) is 0 Å². The van der Waals surface area contributed by atoms with Crippen LogP contribution in [-0.2, 0) is 0 Å². The van der Waals surface area contributed by atoms with Gasteiger partial charge in [0.15, 0.2) is 0 Å². The molecular formula is C11H23N3. The van der Waals surface area contributed by atoms with E-state index in [1.54, 1.807) is 5.01 Å². The van der Waals surface area contributed by atoms with E-state index < -0.39 is 0 Å². The molecule has 0 saturated carbocycles. The Morgan fingerprint density at radius 2 is 2.07 bits per heavy atom. The third-order valence-corrected chi connectivity index (χ3v) is 2.14. The molecule has 0 rings (SSSR count). The number of nitrogens with two attached hydrogens (primary N) is 1. The van der Waals surface area contributed by atoms with Gasteiger partial charge in [-0.3, -0.25) is 5.01 Å². The lowest BCUT2D eigenvalue weighted by Crippen LogP contribution is -2.11. The van der Waals surface area contributed by atoms with Crippen LogP contribution in [0.1, 0.15) is 46.0 Å². The van der Waals surface area contributed by atoms with Crippen LogP contribution in [-0.4, -0.2) is 18.3 Å². The summed E-state index contributed by atoms with van der Waals surface area (Å²) >= 11 is 0. The van der Waals surface area contributed by atoms with Gasteiger partial charge in [-0.15, -0.1) is 0 Å². The molecule has 2 N–H and O–H groups in total. The predicted molar refractivity (Wildman–Crippen MR) is 63.0 cm³/mol. The largest absolute Gasteiger partial charge is 0.401 e. The number of hydrazone groups is 1. The summed E-state index contributed by atoms with van der Waals surface area (Å²) in [7, 11) is 0. The van der Waals surface area contributed by atoms with Crippen molar-refractivity contribution in [3.05, 3.63) is 11.9 Å². The summed E-state index contributed by atoms with van der Waals surface area (Å²) in [5.41, 5.74) is 6.74. The van der Waals surface area contributed by atoms with E-state index in [4.69, 9.17) is 5.73 Å². The maximum atomic E-state index is 5.84. The molecule has 3 nitrogen and oxygen atoms in total. The molecule has 82 valence electrons. The quantitative estimate of drug-likeness (QED) is 0.369. The van der Waals surface area contributed by atoms with Crippen molar-refractivity contribution in [2.75, 3.05) is 6.54 Å². The lowest BCUT2D eigenvalue weighted by atomic mass is 10.1. The highest BCUT2D eigenvalue weighted by molar-refractivity contribution is 5.22. The molecule has 0 radical (unpaired) electrons. The van der Waals surface area contributed by atoms with Crippen LogP contribution < -0.4 is 5.73 Å². The molecule has 0 fully saturated rings. The molecule has 0 amide bonds. The lowest BCUT2D eigenvalue weighted by Gasteiger charge is -2.11. The van der Waals surface area contributed by atoms with Gasteiger partial charge in [0.2, 0.25) is 0 Å². The fourth-order valence-electron chi connectivity index (χ4n) is 1.24. The van der Waals surface area contributed by atoms with Crippen molar-refractivity contribution in [3.8, 4) is 0 Å². The van der Waals surface area contributed by atoms with Crippen molar-refractivity contribution < 1.29 is 0 Å². The van der Waals surface area contributed by atoms with E-state index in [0.717, 1.165) is 18.7 Å². The maximum Gasteiger partial charge on any atom is 0.0419 e. The van der Waals surface area contributed by atoms with Gasteiger partial charge >= 0.3 is 0 Å². The van der Waals surface area contributed by atoms with Gasteiger partial charge < -0.3 is 5.73 Å². The molecule has 0 unspecified atom stereocenters. The fourth-order valence-corrected chi connectivity index (χ4v) is 1.24. The number of nitrogens with zero attached hydrogens (tertiary/aromatic N) is 2. The molecule has 0 aliphatic heterocycles. The third-order valence-electron chi connectivity index (χ3n) is 2.14. The molecule has 0 aromatic carbocycles. The van der Waals surface area contributed by atoms with Crippen molar-refractivity contribution in [2.45, 2.75) is 46.0 Å². The Labute approximate surface area is 87.7 Å². The molecule has 3 heteroatoms. The molecule has 0 aromatic rings. The van der Waals surface area contributed by atoms with Crippen molar-refractivity contribution in [3.63, 3.8) is 0 Å². The van der Waals surface area contributed by atoms with Crippen LogP contribution in [0.3, 0.4) is 0 Å². The average molecular weight is 197 g/mol. The minimum atomic E-state index is 0.819. The van der Waals surface area contributed by atoms with E-state index in [1.807, 2.05) is 13.1 Å². The first-order valence-corrected chi connectivity index (χ1v) is 5.44. The van der Waals surface area contributed by atoms with Gasteiger partial charge in [0.25, 0.3) is 0 Å². The van der Waals surface area contributed by atoms with E-state index in [-0.39, 0.29) is 0 Å². The molecular weight excluding hydrogens is 174 g/mol. The molecule has 0 aliphatic carbocycles. The van der Waals surface area contributed by atoms with Gasteiger partial charge in [-0.25, -0.2) is 0 Å². The second-order valence-corrected chi connectivity index (χ2v) is 3.41. The highest BCUT2D eigenvalue weighted by atomic mass is 15.4. The van der Waals surface area contributed by atoms with Gasteiger partial charge in [-0.05, 0) is 19.8 Å². The summed E-state index contributed by atoms with van der Waals surface area (Å²) in [5.74, 6) is 0. The SMILES string of the molecule is C=NN(/C=C(\N)CCCCCC)CC. The van der Waals surface area contributed by atoms with E-state index in [0.29, 0.717) is 0 Å². The van der Waals surface area contributed by atoms with E-state index in [9.17, 15) is 0 Å². The van der Waals surface area contributed by atoms with Crippen LogP contribution in [0.4, 0.5) is 0 Å². The molecule has 0 aliphatic rings. The fraction of sp³-hybridized carbons (Fsp3) is 0.727. The number of allylic oxidation sites excluding steroid dienone is 1. The first-order valence-electron chi connectivity index (χ1n) is 5.44. The zero-order chi connectivity index (χ0) is 10.8. The second kappa shape index (κ2) is 8.60. The van der Waals surface area contributed by atoms with E-state index in [2.05, 4.69) is 18.7 Å². The summed E-state index contributed by atoms with van der Waals surface area (Å²) < 4.78 is 0. The van der Waals surface area contributed by atoms with Crippen LogP contribution in [0.5, 0.6) is 0 Å². The molecule has 0 spiro atoms. The average Bonchev–Trinajstić information content (AvgIpc) is 2.21.